The van der Waals surface area contributed by atoms with Crippen molar-refractivity contribution in [3.63, 3.8) is 0 Å². The Kier molecular flexibility index (Phi) is 4.32. The van der Waals surface area contributed by atoms with Crippen molar-refractivity contribution < 1.29 is 14.7 Å². The number of carbonyl (C=O) groups excluding carboxylic acids is 1. The number of benzene rings is 1. The number of likely N-dealkylation sites (tertiary alicyclic amines) is 1. The van der Waals surface area contributed by atoms with Gasteiger partial charge in [-0.1, -0.05) is 29.8 Å². The van der Waals surface area contributed by atoms with E-state index in [-0.39, 0.29) is 30.7 Å². The van der Waals surface area contributed by atoms with Gasteiger partial charge in [-0.2, -0.15) is 0 Å². The van der Waals surface area contributed by atoms with E-state index < -0.39 is 12.0 Å². The summed E-state index contributed by atoms with van der Waals surface area (Å²) in [6, 6.07) is 6.10. The minimum atomic E-state index is -1.04. The van der Waals surface area contributed by atoms with Crippen LogP contribution in [0.15, 0.2) is 24.3 Å². The molecule has 1 heterocycles. The molecule has 1 aliphatic rings. The van der Waals surface area contributed by atoms with Crippen molar-refractivity contribution in [1.82, 2.24) is 4.90 Å². The summed E-state index contributed by atoms with van der Waals surface area (Å²) in [5.41, 5.74) is 0.711. The summed E-state index contributed by atoms with van der Waals surface area (Å²) >= 11 is 11.9. The number of carboxylic acid groups (broad SMARTS) is 1. The van der Waals surface area contributed by atoms with Crippen LogP contribution >= 0.6 is 23.2 Å². The zero-order valence-electron chi connectivity index (χ0n) is 10.1. The molecule has 0 bridgehead atoms. The Balaban J connectivity index is 2.20. The van der Waals surface area contributed by atoms with Gasteiger partial charge in [-0.25, -0.2) is 4.79 Å². The molecule has 1 unspecified atom stereocenters. The van der Waals surface area contributed by atoms with Gasteiger partial charge in [0.15, 0.2) is 0 Å². The maximum atomic E-state index is 11.8. The molecule has 0 aromatic heterocycles. The Morgan fingerprint density at radius 3 is 2.68 bits per heavy atom. The van der Waals surface area contributed by atoms with E-state index in [1.165, 1.54) is 4.90 Å². The van der Waals surface area contributed by atoms with Gasteiger partial charge in [0.25, 0.3) is 0 Å². The highest BCUT2D eigenvalue weighted by Gasteiger charge is 2.37. The summed E-state index contributed by atoms with van der Waals surface area (Å²) in [7, 11) is 0. The molecule has 2 atom stereocenters. The van der Waals surface area contributed by atoms with Crippen LogP contribution in [0.1, 0.15) is 12.0 Å². The number of alkyl halides is 1. The minimum absolute atomic E-state index is 0.185. The summed E-state index contributed by atoms with van der Waals surface area (Å²) in [6.07, 6.45) is 0.373. The fourth-order valence-corrected chi connectivity index (χ4v) is 2.68. The lowest BCUT2D eigenvalue weighted by atomic mass is 10.0. The molecule has 1 aliphatic heterocycles. The van der Waals surface area contributed by atoms with Gasteiger partial charge in [0.2, 0.25) is 5.91 Å². The second kappa shape index (κ2) is 5.80. The maximum Gasteiger partial charge on any atom is 0.326 e. The monoisotopic (exact) mass is 301 g/mol. The molecule has 1 amide bonds. The van der Waals surface area contributed by atoms with E-state index in [0.29, 0.717) is 10.6 Å². The van der Waals surface area contributed by atoms with E-state index in [9.17, 15) is 14.7 Å². The van der Waals surface area contributed by atoms with Crippen LogP contribution in [-0.4, -0.2) is 39.8 Å². The molecule has 0 spiro atoms. The average Bonchev–Trinajstić information content (AvgIpc) is 2.67. The molecule has 1 fully saturated rings. The first kappa shape index (κ1) is 14.2. The topological polar surface area (TPSA) is 57.6 Å². The molecule has 0 radical (unpaired) electrons. The van der Waals surface area contributed by atoms with E-state index in [1.807, 2.05) is 0 Å². The first-order chi connectivity index (χ1) is 8.99. The van der Waals surface area contributed by atoms with Crippen LogP contribution in [0.4, 0.5) is 0 Å². The summed E-state index contributed by atoms with van der Waals surface area (Å²) in [4.78, 5) is 24.4. The van der Waals surface area contributed by atoms with Crippen molar-refractivity contribution >= 4 is 35.1 Å². The van der Waals surface area contributed by atoms with Crippen LogP contribution in [0.5, 0.6) is 0 Å². The Morgan fingerprint density at radius 2 is 2.16 bits per heavy atom. The highest BCUT2D eigenvalue weighted by atomic mass is 35.5. The van der Waals surface area contributed by atoms with Crippen molar-refractivity contribution in [3.05, 3.63) is 34.9 Å². The van der Waals surface area contributed by atoms with Gasteiger partial charge in [0.1, 0.15) is 6.04 Å². The molecule has 1 aromatic rings. The standard InChI is InChI=1S/C13H13Cl2NO3/c14-9-6-12(17)16(7-9)11(13(18)19)5-8-3-1-2-4-10(8)15/h1-4,9,11H,5-7H2,(H,18,19)/t9?,11-/m0/s1. The van der Waals surface area contributed by atoms with Crippen LogP contribution in [0.2, 0.25) is 5.02 Å². The van der Waals surface area contributed by atoms with Crippen LogP contribution in [-0.2, 0) is 16.0 Å². The first-order valence-electron chi connectivity index (χ1n) is 5.88. The lowest BCUT2D eigenvalue weighted by molar-refractivity contribution is -0.148. The second-order valence-corrected chi connectivity index (χ2v) is 5.52. The van der Waals surface area contributed by atoms with E-state index in [4.69, 9.17) is 23.2 Å². The number of hydrogen-bond acceptors (Lipinski definition) is 2. The summed E-state index contributed by atoms with van der Waals surface area (Å²) in [5, 5.41) is 9.49. The van der Waals surface area contributed by atoms with E-state index in [0.717, 1.165) is 0 Å². The average molecular weight is 302 g/mol. The molecule has 4 nitrogen and oxygen atoms in total. The Bertz CT molecular complexity index is 506. The van der Waals surface area contributed by atoms with E-state index in [1.54, 1.807) is 24.3 Å². The third kappa shape index (κ3) is 3.19. The van der Waals surface area contributed by atoms with Crippen LogP contribution < -0.4 is 0 Å². The van der Waals surface area contributed by atoms with Crippen molar-refractivity contribution in [1.29, 1.82) is 0 Å². The number of rotatable bonds is 4. The number of amides is 1. The Hall–Kier alpha value is -1.26. The van der Waals surface area contributed by atoms with E-state index in [2.05, 4.69) is 0 Å². The molecule has 2 rings (SSSR count). The van der Waals surface area contributed by atoms with Gasteiger partial charge in [0, 0.05) is 24.4 Å². The van der Waals surface area contributed by atoms with Gasteiger partial charge in [0.05, 0.1) is 5.38 Å². The number of carboxylic acids is 1. The maximum absolute atomic E-state index is 11.8. The first-order valence-corrected chi connectivity index (χ1v) is 6.70. The van der Waals surface area contributed by atoms with Crippen LogP contribution in [0.25, 0.3) is 0 Å². The van der Waals surface area contributed by atoms with Crippen LogP contribution in [0, 0.1) is 0 Å². The van der Waals surface area contributed by atoms with Crippen molar-refractivity contribution in [2.45, 2.75) is 24.3 Å². The molecule has 1 saturated heterocycles. The van der Waals surface area contributed by atoms with Gasteiger partial charge in [-0.05, 0) is 11.6 Å². The fourth-order valence-electron chi connectivity index (χ4n) is 2.19. The zero-order valence-corrected chi connectivity index (χ0v) is 11.6. The smallest absolute Gasteiger partial charge is 0.326 e. The van der Waals surface area contributed by atoms with Crippen LogP contribution in [0.3, 0.4) is 0 Å². The summed E-state index contributed by atoms with van der Waals surface area (Å²) in [6.45, 7) is 0.266. The summed E-state index contributed by atoms with van der Waals surface area (Å²) < 4.78 is 0. The molecular formula is C13H13Cl2NO3. The number of carbonyl (C=O) groups is 2. The SMILES string of the molecule is O=C(O)[C@H](Cc1ccccc1Cl)N1CC(Cl)CC1=O. The van der Waals surface area contributed by atoms with Gasteiger partial charge in [-0.15, -0.1) is 11.6 Å². The molecular weight excluding hydrogens is 289 g/mol. The lowest BCUT2D eigenvalue weighted by Gasteiger charge is -2.24. The number of hydrogen-bond donors (Lipinski definition) is 1. The number of halogens is 2. The number of nitrogens with zero attached hydrogens (tertiary/aromatic N) is 1. The summed E-state index contributed by atoms with van der Waals surface area (Å²) in [5.74, 6) is -1.27. The van der Waals surface area contributed by atoms with E-state index >= 15 is 0 Å². The quantitative estimate of drug-likeness (QED) is 0.867. The third-order valence-corrected chi connectivity index (χ3v) is 3.80. The number of aliphatic carboxylic acids is 1. The molecule has 102 valence electrons. The predicted octanol–water partition coefficient (Wildman–Crippen LogP) is 2.18. The molecule has 19 heavy (non-hydrogen) atoms. The van der Waals surface area contributed by atoms with Gasteiger partial charge in [-0.3, -0.25) is 4.79 Å². The van der Waals surface area contributed by atoms with Crippen molar-refractivity contribution in [3.8, 4) is 0 Å². The predicted molar refractivity (Wildman–Crippen MR) is 72.6 cm³/mol. The normalized spacial score (nSPS) is 20.6. The highest BCUT2D eigenvalue weighted by Crippen LogP contribution is 2.23. The molecule has 0 aliphatic carbocycles. The largest absolute Gasteiger partial charge is 0.480 e. The van der Waals surface area contributed by atoms with Gasteiger partial charge >= 0.3 is 5.97 Å². The Morgan fingerprint density at radius 1 is 1.47 bits per heavy atom. The minimum Gasteiger partial charge on any atom is -0.480 e. The third-order valence-electron chi connectivity index (χ3n) is 3.14. The van der Waals surface area contributed by atoms with Crippen molar-refractivity contribution in [2.24, 2.45) is 0 Å². The molecule has 1 aromatic carbocycles. The second-order valence-electron chi connectivity index (χ2n) is 4.50. The molecule has 0 saturated carbocycles. The van der Waals surface area contributed by atoms with Crippen molar-refractivity contribution in [2.75, 3.05) is 6.54 Å². The molecule has 6 heteroatoms. The fraction of sp³-hybridized carbons (Fsp3) is 0.385. The highest BCUT2D eigenvalue weighted by molar-refractivity contribution is 6.31. The molecule has 1 N–H and O–H groups in total. The zero-order chi connectivity index (χ0) is 14.0. The van der Waals surface area contributed by atoms with Gasteiger partial charge < -0.3 is 10.0 Å². The lowest BCUT2D eigenvalue weighted by Crippen LogP contribution is -2.43. The Labute approximate surface area is 120 Å².